The standard InChI is InChI=1S/C15H19BrN4OS/c1-3-6-10(2)17-13(21)9-22-15-18-14(19-20-15)11-7-4-5-8-12(11)16/h4-5,7-8,10H,3,6,9H2,1-2H3,(H,17,21)(H,18,19,20)/t10-/m1/s1. The molecule has 0 saturated carbocycles. The van der Waals surface area contributed by atoms with Gasteiger partial charge in [-0.3, -0.25) is 9.89 Å². The summed E-state index contributed by atoms with van der Waals surface area (Å²) in [6.45, 7) is 4.12. The number of carbonyl (C=O) groups excluding carboxylic acids is 1. The van der Waals surface area contributed by atoms with E-state index in [0.29, 0.717) is 16.7 Å². The number of rotatable bonds is 7. The summed E-state index contributed by atoms with van der Waals surface area (Å²) in [7, 11) is 0. The van der Waals surface area contributed by atoms with Gasteiger partial charge in [0.05, 0.1) is 5.75 Å². The number of hydrogen-bond donors (Lipinski definition) is 2. The van der Waals surface area contributed by atoms with E-state index in [9.17, 15) is 4.79 Å². The van der Waals surface area contributed by atoms with Gasteiger partial charge in [-0.1, -0.05) is 59.2 Å². The van der Waals surface area contributed by atoms with Crippen LogP contribution < -0.4 is 5.32 Å². The van der Waals surface area contributed by atoms with Crippen molar-refractivity contribution in [2.45, 2.75) is 37.9 Å². The van der Waals surface area contributed by atoms with Crippen LogP contribution in [0.4, 0.5) is 0 Å². The van der Waals surface area contributed by atoms with Crippen LogP contribution in [0.15, 0.2) is 33.9 Å². The van der Waals surface area contributed by atoms with E-state index in [-0.39, 0.29) is 11.9 Å². The number of carbonyl (C=O) groups is 1. The van der Waals surface area contributed by atoms with Crippen molar-refractivity contribution in [3.05, 3.63) is 28.7 Å². The molecule has 0 aliphatic heterocycles. The van der Waals surface area contributed by atoms with E-state index in [1.165, 1.54) is 11.8 Å². The molecule has 2 rings (SSSR count). The highest BCUT2D eigenvalue weighted by atomic mass is 79.9. The fourth-order valence-corrected chi connectivity index (χ4v) is 3.12. The molecule has 1 heterocycles. The second-order valence-electron chi connectivity index (χ2n) is 4.99. The summed E-state index contributed by atoms with van der Waals surface area (Å²) < 4.78 is 0.953. The lowest BCUT2D eigenvalue weighted by Crippen LogP contribution is -2.33. The minimum atomic E-state index is 0.0122. The Balaban J connectivity index is 1.90. The van der Waals surface area contributed by atoms with Crippen LogP contribution in [0.3, 0.4) is 0 Å². The zero-order valence-corrected chi connectivity index (χ0v) is 15.0. The number of halogens is 1. The number of nitrogens with zero attached hydrogens (tertiary/aromatic N) is 2. The number of hydrogen-bond acceptors (Lipinski definition) is 4. The van der Waals surface area contributed by atoms with E-state index >= 15 is 0 Å². The van der Waals surface area contributed by atoms with Gasteiger partial charge in [0, 0.05) is 16.1 Å². The number of nitrogens with one attached hydrogen (secondary N) is 2. The van der Waals surface area contributed by atoms with Crippen molar-refractivity contribution in [1.29, 1.82) is 0 Å². The zero-order chi connectivity index (χ0) is 15.9. The summed E-state index contributed by atoms with van der Waals surface area (Å²) in [5.41, 5.74) is 0.947. The molecular formula is C15H19BrN4OS. The molecular weight excluding hydrogens is 364 g/mol. The summed E-state index contributed by atoms with van der Waals surface area (Å²) in [5.74, 6) is 1.02. The van der Waals surface area contributed by atoms with Gasteiger partial charge in [-0.2, -0.15) is 0 Å². The summed E-state index contributed by atoms with van der Waals surface area (Å²) in [5, 5.41) is 10.6. The van der Waals surface area contributed by atoms with E-state index in [1.54, 1.807) is 0 Å². The second kappa shape index (κ2) is 8.33. The predicted molar refractivity (Wildman–Crippen MR) is 92.8 cm³/mol. The summed E-state index contributed by atoms with van der Waals surface area (Å²) >= 11 is 4.82. The molecule has 1 amide bonds. The third-order valence-electron chi connectivity index (χ3n) is 3.06. The molecule has 7 heteroatoms. The Morgan fingerprint density at radius 2 is 2.23 bits per heavy atom. The number of thioether (sulfide) groups is 1. The van der Waals surface area contributed by atoms with Gasteiger partial charge in [0.2, 0.25) is 11.1 Å². The molecule has 1 atom stereocenters. The molecule has 0 fully saturated rings. The maximum absolute atomic E-state index is 11.8. The Morgan fingerprint density at radius 1 is 1.45 bits per heavy atom. The third-order valence-corrected chi connectivity index (χ3v) is 4.59. The van der Waals surface area contributed by atoms with E-state index in [1.807, 2.05) is 31.2 Å². The minimum Gasteiger partial charge on any atom is -0.353 e. The summed E-state index contributed by atoms with van der Waals surface area (Å²) in [6.07, 6.45) is 2.05. The van der Waals surface area contributed by atoms with E-state index in [2.05, 4.69) is 43.4 Å². The molecule has 0 aliphatic carbocycles. The van der Waals surface area contributed by atoms with Crippen LogP contribution in [0.2, 0.25) is 0 Å². The largest absolute Gasteiger partial charge is 0.353 e. The Kier molecular flexibility index (Phi) is 6.45. The summed E-state index contributed by atoms with van der Waals surface area (Å²) in [6, 6.07) is 8.01. The molecule has 0 aliphatic rings. The maximum Gasteiger partial charge on any atom is 0.230 e. The van der Waals surface area contributed by atoms with Gasteiger partial charge in [-0.05, 0) is 19.4 Å². The Labute approximate surface area is 142 Å². The smallest absolute Gasteiger partial charge is 0.230 e. The lowest BCUT2D eigenvalue weighted by Gasteiger charge is -2.11. The lowest BCUT2D eigenvalue weighted by molar-refractivity contribution is -0.119. The van der Waals surface area contributed by atoms with Crippen LogP contribution in [0, 0.1) is 0 Å². The minimum absolute atomic E-state index is 0.0122. The topological polar surface area (TPSA) is 70.7 Å². The Bertz CT molecular complexity index is 632. The van der Waals surface area contributed by atoms with Crippen molar-refractivity contribution >= 4 is 33.6 Å². The predicted octanol–water partition coefficient (Wildman–Crippen LogP) is 3.63. The SMILES string of the molecule is CCC[C@@H](C)NC(=O)CSc1n[nH]c(-c2ccccc2Br)n1. The molecule has 0 saturated heterocycles. The quantitative estimate of drug-likeness (QED) is 0.717. The molecule has 1 aromatic carbocycles. The van der Waals surface area contributed by atoms with Gasteiger partial charge in [-0.15, -0.1) is 5.10 Å². The van der Waals surface area contributed by atoms with Gasteiger partial charge in [0.25, 0.3) is 0 Å². The number of H-pyrrole nitrogens is 1. The second-order valence-corrected chi connectivity index (χ2v) is 6.79. The molecule has 22 heavy (non-hydrogen) atoms. The average molecular weight is 383 g/mol. The van der Waals surface area contributed by atoms with Crippen LogP contribution in [0.25, 0.3) is 11.4 Å². The monoisotopic (exact) mass is 382 g/mol. The first kappa shape index (κ1) is 17.0. The summed E-state index contributed by atoms with van der Waals surface area (Å²) in [4.78, 5) is 16.2. The molecule has 0 unspecified atom stereocenters. The zero-order valence-electron chi connectivity index (χ0n) is 12.6. The Morgan fingerprint density at radius 3 is 2.95 bits per heavy atom. The van der Waals surface area contributed by atoms with E-state index in [0.717, 1.165) is 22.9 Å². The molecule has 0 spiro atoms. The van der Waals surface area contributed by atoms with Crippen molar-refractivity contribution in [2.75, 3.05) is 5.75 Å². The molecule has 0 bridgehead atoms. The molecule has 1 aromatic heterocycles. The normalized spacial score (nSPS) is 12.1. The van der Waals surface area contributed by atoms with Gasteiger partial charge in [-0.25, -0.2) is 4.98 Å². The van der Waals surface area contributed by atoms with Crippen molar-refractivity contribution < 1.29 is 4.79 Å². The molecule has 118 valence electrons. The van der Waals surface area contributed by atoms with Crippen molar-refractivity contribution in [3.63, 3.8) is 0 Å². The van der Waals surface area contributed by atoms with Gasteiger partial charge >= 0.3 is 0 Å². The van der Waals surface area contributed by atoms with Gasteiger partial charge < -0.3 is 5.32 Å². The maximum atomic E-state index is 11.8. The highest BCUT2D eigenvalue weighted by Crippen LogP contribution is 2.26. The molecule has 5 nitrogen and oxygen atoms in total. The van der Waals surface area contributed by atoms with Crippen LogP contribution in [-0.4, -0.2) is 32.9 Å². The first-order chi connectivity index (χ1) is 10.6. The Hall–Kier alpha value is -1.34. The molecule has 2 N–H and O–H groups in total. The van der Waals surface area contributed by atoms with Crippen LogP contribution in [-0.2, 0) is 4.79 Å². The number of benzene rings is 1. The number of amides is 1. The highest BCUT2D eigenvalue weighted by molar-refractivity contribution is 9.10. The van der Waals surface area contributed by atoms with Gasteiger partial charge in [0.1, 0.15) is 0 Å². The van der Waals surface area contributed by atoms with Gasteiger partial charge in [0.15, 0.2) is 5.82 Å². The first-order valence-electron chi connectivity index (χ1n) is 7.19. The van der Waals surface area contributed by atoms with Crippen LogP contribution in [0.5, 0.6) is 0 Å². The molecule has 2 aromatic rings. The number of aromatic amines is 1. The lowest BCUT2D eigenvalue weighted by atomic mass is 10.2. The average Bonchev–Trinajstić information content (AvgIpc) is 2.94. The third kappa shape index (κ3) is 4.84. The first-order valence-corrected chi connectivity index (χ1v) is 8.97. The van der Waals surface area contributed by atoms with Crippen molar-refractivity contribution in [3.8, 4) is 11.4 Å². The fourth-order valence-electron chi connectivity index (χ4n) is 2.04. The number of aromatic nitrogens is 3. The van der Waals surface area contributed by atoms with E-state index < -0.39 is 0 Å². The van der Waals surface area contributed by atoms with E-state index in [4.69, 9.17) is 0 Å². The van der Waals surface area contributed by atoms with Crippen LogP contribution in [0.1, 0.15) is 26.7 Å². The molecule has 0 radical (unpaired) electrons. The highest BCUT2D eigenvalue weighted by Gasteiger charge is 2.11. The van der Waals surface area contributed by atoms with Crippen molar-refractivity contribution in [1.82, 2.24) is 20.5 Å². The van der Waals surface area contributed by atoms with Crippen LogP contribution >= 0.6 is 27.7 Å². The van der Waals surface area contributed by atoms with Crippen molar-refractivity contribution in [2.24, 2.45) is 0 Å². The fraction of sp³-hybridized carbons (Fsp3) is 0.400.